The predicted octanol–water partition coefficient (Wildman–Crippen LogP) is 3.90. The minimum Gasteiger partial charge on any atom is -0.262 e. The van der Waals surface area contributed by atoms with Crippen LogP contribution in [0.5, 0.6) is 0 Å². The van der Waals surface area contributed by atoms with Crippen LogP contribution in [0.25, 0.3) is 0 Å². The Hall–Kier alpha value is -2.12. The van der Waals surface area contributed by atoms with E-state index in [0.29, 0.717) is 31.2 Å². The van der Waals surface area contributed by atoms with Gasteiger partial charge in [-0.3, -0.25) is 9.59 Å². The number of carbonyl (C=O) groups is 2. The van der Waals surface area contributed by atoms with E-state index in [1.165, 1.54) is 24.6 Å². The highest BCUT2D eigenvalue weighted by Gasteiger charge is 2.11. The van der Waals surface area contributed by atoms with Crippen molar-refractivity contribution in [3.8, 4) is 0 Å². The average molecular weight is 432 g/mol. The minimum absolute atomic E-state index is 0.351. The van der Waals surface area contributed by atoms with Gasteiger partial charge in [-0.05, 0) is 24.3 Å². The first-order valence-corrected chi connectivity index (χ1v) is 8.44. The summed E-state index contributed by atoms with van der Waals surface area (Å²) in [5.41, 5.74) is 5.14. The van der Waals surface area contributed by atoms with Crippen LogP contribution in [0.4, 0.5) is 0 Å². The number of hydrazone groups is 2. The normalized spacial score (nSPS) is 11.1. The van der Waals surface area contributed by atoms with Crippen LogP contribution in [0, 0.1) is 0 Å². The predicted molar refractivity (Wildman–Crippen MR) is 104 cm³/mol. The lowest BCUT2D eigenvalue weighted by Gasteiger charge is -2.00. The molecule has 2 aromatic rings. The lowest BCUT2D eigenvalue weighted by molar-refractivity contribution is -0.139. The summed E-state index contributed by atoms with van der Waals surface area (Å²) in [6.07, 6.45) is 2.56. The summed E-state index contributed by atoms with van der Waals surface area (Å²) in [5, 5.41) is 8.92. The highest BCUT2D eigenvalue weighted by Crippen LogP contribution is 2.20. The summed E-state index contributed by atoms with van der Waals surface area (Å²) in [4.78, 5) is 23.2. The summed E-state index contributed by atoms with van der Waals surface area (Å²) < 4.78 is 0. The molecule has 134 valence electrons. The van der Waals surface area contributed by atoms with E-state index in [1.807, 2.05) is 10.9 Å². The molecule has 0 saturated carbocycles. The Kier molecular flexibility index (Phi) is 7.41. The van der Waals surface area contributed by atoms with Crippen LogP contribution in [0.1, 0.15) is 11.1 Å². The molecule has 26 heavy (non-hydrogen) atoms. The number of hydrogen-bond donors (Lipinski definition) is 2. The second kappa shape index (κ2) is 9.54. The number of nitrogens with one attached hydrogen (secondary N) is 2. The first-order chi connectivity index (χ1) is 12.4. The third-order valence-corrected chi connectivity index (χ3v) is 4.00. The standard InChI is InChI=1S/C16H10Cl4N4O2/c17-11-3-1-9(13(19)5-11)7-21-23-15(25)16(26)24-22-8-10-2-4-12(18)6-14(10)20/h1-8H,(H,23,25)(H,24,26)/b21-7-,22-8-. The number of hydrogen-bond acceptors (Lipinski definition) is 4. The van der Waals surface area contributed by atoms with E-state index in [-0.39, 0.29) is 0 Å². The van der Waals surface area contributed by atoms with Crippen LogP contribution < -0.4 is 10.9 Å². The van der Waals surface area contributed by atoms with Gasteiger partial charge in [0, 0.05) is 21.2 Å². The summed E-state index contributed by atoms with van der Waals surface area (Å²) in [5.74, 6) is -2.02. The smallest absolute Gasteiger partial charge is 0.262 e. The molecule has 0 aliphatic carbocycles. The summed E-state index contributed by atoms with van der Waals surface area (Å²) >= 11 is 23.4. The Morgan fingerprint density at radius 3 is 1.46 bits per heavy atom. The van der Waals surface area contributed by atoms with Crippen LogP contribution in [-0.4, -0.2) is 24.2 Å². The summed E-state index contributed by atoms with van der Waals surface area (Å²) in [7, 11) is 0. The molecule has 0 heterocycles. The number of amides is 2. The highest BCUT2D eigenvalue weighted by atomic mass is 35.5. The number of rotatable bonds is 4. The van der Waals surface area contributed by atoms with Crippen molar-refractivity contribution in [2.24, 2.45) is 10.2 Å². The van der Waals surface area contributed by atoms with E-state index in [2.05, 4.69) is 10.2 Å². The van der Waals surface area contributed by atoms with E-state index in [1.54, 1.807) is 24.3 Å². The third-order valence-electron chi connectivity index (χ3n) is 2.87. The van der Waals surface area contributed by atoms with Gasteiger partial charge in [-0.15, -0.1) is 0 Å². The number of carbonyl (C=O) groups excluding carboxylic acids is 2. The SMILES string of the molecule is O=C(N/N=C\c1ccc(Cl)cc1Cl)C(=O)N/N=C\c1ccc(Cl)cc1Cl. The number of nitrogens with zero attached hydrogens (tertiary/aromatic N) is 2. The summed E-state index contributed by atoms with van der Waals surface area (Å²) in [6.45, 7) is 0. The van der Waals surface area contributed by atoms with E-state index in [4.69, 9.17) is 46.4 Å². The topological polar surface area (TPSA) is 82.9 Å². The first kappa shape index (κ1) is 20.2. The molecule has 0 radical (unpaired) electrons. The second-order valence-electron chi connectivity index (χ2n) is 4.73. The number of benzene rings is 2. The second-order valence-corrected chi connectivity index (χ2v) is 6.42. The van der Waals surface area contributed by atoms with Gasteiger partial charge in [-0.25, -0.2) is 10.9 Å². The van der Waals surface area contributed by atoms with Crippen molar-refractivity contribution in [1.82, 2.24) is 10.9 Å². The molecule has 0 spiro atoms. The Bertz CT molecular complexity index is 826. The molecule has 2 N–H and O–H groups in total. The Morgan fingerprint density at radius 2 is 1.12 bits per heavy atom. The summed E-state index contributed by atoms with van der Waals surface area (Å²) in [6, 6.07) is 9.49. The fraction of sp³-hybridized carbons (Fsp3) is 0. The van der Waals surface area contributed by atoms with Crippen molar-refractivity contribution >= 4 is 70.6 Å². The van der Waals surface area contributed by atoms with E-state index in [9.17, 15) is 9.59 Å². The Labute approximate surface area is 168 Å². The lowest BCUT2D eigenvalue weighted by atomic mass is 10.2. The maximum Gasteiger partial charge on any atom is 0.331 e. The molecule has 2 aromatic carbocycles. The highest BCUT2D eigenvalue weighted by molar-refractivity contribution is 6.37. The minimum atomic E-state index is -1.01. The van der Waals surface area contributed by atoms with Crippen molar-refractivity contribution in [3.05, 3.63) is 67.6 Å². The molecule has 0 aromatic heterocycles. The van der Waals surface area contributed by atoms with Gasteiger partial charge in [0.25, 0.3) is 0 Å². The molecule has 0 unspecified atom stereocenters. The quantitative estimate of drug-likeness (QED) is 0.437. The van der Waals surface area contributed by atoms with E-state index >= 15 is 0 Å². The molecule has 0 fully saturated rings. The monoisotopic (exact) mass is 430 g/mol. The van der Waals surface area contributed by atoms with Gasteiger partial charge in [-0.2, -0.15) is 10.2 Å². The Balaban J connectivity index is 1.88. The maximum absolute atomic E-state index is 11.6. The van der Waals surface area contributed by atoms with Crippen molar-refractivity contribution in [2.45, 2.75) is 0 Å². The molecule has 0 atom stereocenters. The van der Waals surface area contributed by atoms with Crippen LogP contribution in [0.3, 0.4) is 0 Å². The molecule has 10 heteroatoms. The molecular weight excluding hydrogens is 422 g/mol. The molecule has 6 nitrogen and oxygen atoms in total. The van der Waals surface area contributed by atoms with E-state index < -0.39 is 11.8 Å². The molecule has 0 aliphatic heterocycles. The fourth-order valence-electron chi connectivity index (χ4n) is 1.63. The molecule has 0 saturated heterocycles. The molecule has 2 amide bonds. The van der Waals surface area contributed by atoms with Gasteiger partial charge in [0.2, 0.25) is 0 Å². The van der Waals surface area contributed by atoms with Gasteiger partial charge in [0.15, 0.2) is 0 Å². The fourth-order valence-corrected chi connectivity index (χ4v) is 2.55. The van der Waals surface area contributed by atoms with Crippen molar-refractivity contribution in [3.63, 3.8) is 0 Å². The first-order valence-electron chi connectivity index (χ1n) is 6.93. The van der Waals surface area contributed by atoms with Gasteiger partial charge in [0.05, 0.1) is 22.5 Å². The van der Waals surface area contributed by atoms with Crippen LogP contribution in [0.2, 0.25) is 20.1 Å². The largest absolute Gasteiger partial charge is 0.331 e. The van der Waals surface area contributed by atoms with Crippen LogP contribution in [0.15, 0.2) is 46.6 Å². The number of halogens is 4. The van der Waals surface area contributed by atoms with Gasteiger partial charge in [-0.1, -0.05) is 58.5 Å². The maximum atomic E-state index is 11.6. The van der Waals surface area contributed by atoms with E-state index in [0.717, 1.165) is 0 Å². The van der Waals surface area contributed by atoms with Crippen LogP contribution >= 0.6 is 46.4 Å². The lowest BCUT2D eigenvalue weighted by Crippen LogP contribution is -2.35. The average Bonchev–Trinajstić information content (AvgIpc) is 2.58. The molecule has 2 rings (SSSR count). The zero-order chi connectivity index (χ0) is 19.1. The molecular formula is C16H10Cl4N4O2. The molecule has 0 aliphatic rings. The zero-order valence-electron chi connectivity index (χ0n) is 12.8. The Morgan fingerprint density at radius 1 is 0.731 bits per heavy atom. The molecule has 0 bridgehead atoms. The van der Waals surface area contributed by atoms with Gasteiger partial charge >= 0.3 is 11.8 Å². The van der Waals surface area contributed by atoms with Crippen LogP contribution in [-0.2, 0) is 9.59 Å². The third kappa shape index (κ3) is 6.00. The van der Waals surface area contributed by atoms with Gasteiger partial charge < -0.3 is 0 Å². The van der Waals surface area contributed by atoms with Crippen molar-refractivity contribution in [2.75, 3.05) is 0 Å². The zero-order valence-corrected chi connectivity index (χ0v) is 15.9. The van der Waals surface area contributed by atoms with Crippen molar-refractivity contribution < 1.29 is 9.59 Å². The van der Waals surface area contributed by atoms with Gasteiger partial charge in [0.1, 0.15) is 0 Å². The van der Waals surface area contributed by atoms with Crippen molar-refractivity contribution in [1.29, 1.82) is 0 Å².